The van der Waals surface area contributed by atoms with E-state index in [4.69, 9.17) is 9.88 Å². The number of benzene rings is 1. The number of anilines is 1. The van der Waals surface area contributed by atoms with Crippen molar-refractivity contribution >= 4 is 21.6 Å². The number of amides is 1. The molecule has 3 N–H and O–H groups in total. The van der Waals surface area contributed by atoms with Gasteiger partial charge in [0.1, 0.15) is 0 Å². The maximum atomic E-state index is 11.9. The van der Waals surface area contributed by atoms with Crippen LogP contribution in [0.5, 0.6) is 0 Å². The van der Waals surface area contributed by atoms with Gasteiger partial charge in [0.15, 0.2) is 0 Å². The van der Waals surface area contributed by atoms with E-state index in [2.05, 4.69) is 5.32 Å². The lowest BCUT2D eigenvalue weighted by Gasteiger charge is -2.13. The number of ether oxygens (including phenoxy) is 1. The zero-order valence-electron chi connectivity index (χ0n) is 11.8. The third-order valence-corrected chi connectivity index (χ3v) is 3.91. The van der Waals surface area contributed by atoms with E-state index in [9.17, 15) is 13.2 Å². The number of sulfonamides is 1. The van der Waals surface area contributed by atoms with Crippen molar-refractivity contribution in [2.75, 3.05) is 19.0 Å². The van der Waals surface area contributed by atoms with Crippen molar-refractivity contribution in [2.24, 2.45) is 11.1 Å². The average Bonchev–Trinajstić information content (AvgIpc) is 2.30. The molecule has 0 aliphatic rings. The number of rotatable bonds is 6. The maximum Gasteiger partial charge on any atom is 0.238 e. The molecule has 1 aromatic carbocycles. The van der Waals surface area contributed by atoms with Gasteiger partial charge in [0.25, 0.3) is 0 Å². The van der Waals surface area contributed by atoms with Gasteiger partial charge in [-0.05, 0) is 30.5 Å². The van der Waals surface area contributed by atoms with Gasteiger partial charge in [-0.1, -0.05) is 13.0 Å². The quantitative estimate of drug-likeness (QED) is 0.826. The Morgan fingerprint density at radius 3 is 2.65 bits per heavy atom. The monoisotopic (exact) mass is 300 g/mol. The van der Waals surface area contributed by atoms with Crippen LogP contribution in [0.3, 0.4) is 0 Å². The van der Waals surface area contributed by atoms with Crippen LogP contribution < -0.4 is 10.5 Å². The van der Waals surface area contributed by atoms with E-state index in [-0.39, 0.29) is 16.7 Å². The first kappa shape index (κ1) is 16.6. The fourth-order valence-corrected chi connectivity index (χ4v) is 2.72. The van der Waals surface area contributed by atoms with Crippen LogP contribution in [0.2, 0.25) is 0 Å². The largest absolute Gasteiger partial charge is 0.384 e. The summed E-state index contributed by atoms with van der Waals surface area (Å²) in [5.41, 5.74) is 0.883. The minimum Gasteiger partial charge on any atom is -0.384 e. The summed E-state index contributed by atoms with van der Waals surface area (Å²) in [6.45, 7) is 3.99. The maximum absolute atomic E-state index is 11.9. The number of carbonyl (C=O) groups is 1. The predicted molar refractivity (Wildman–Crippen MR) is 76.8 cm³/mol. The lowest BCUT2D eigenvalue weighted by Crippen LogP contribution is -2.19. The molecule has 1 aromatic rings. The Hall–Kier alpha value is -1.44. The van der Waals surface area contributed by atoms with Crippen LogP contribution in [0.4, 0.5) is 5.69 Å². The summed E-state index contributed by atoms with van der Waals surface area (Å²) in [7, 11) is -2.22. The minimum absolute atomic E-state index is 0.0141. The van der Waals surface area contributed by atoms with Crippen LogP contribution >= 0.6 is 0 Å². The van der Waals surface area contributed by atoms with Gasteiger partial charge >= 0.3 is 0 Å². The van der Waals surface area contributed by atoms with E-state index >= 15 is 0 Å². The summed E-state index contributed by atoms with van der Waals surface area (Å²) >= 11 is 0. The third kappa shape index (κ3) is 4.59. The molecule has 0 saturated heterocycles. The van der Waals surface area contributed by atoms with Gasteiger partial charge in [-0.3, -0.25) is 4.79 Å². The molecule has 112 valence electrons. The normalized spacial score (nSPS) is 13.0. The molecule has 6 nitrogen and oxygen atoms in total. The van der Waals surface area contributed by atoms with Crippen LogP contribution in [-0.2, 0) is 19.6 Å². The molecule has 0 aromatic heterocycles. The SMILES string of the molecule is COCC(C)CC(=O)Nc1cccc(S(N)(=O)=O)c1C. The van der Waals surface area contributed by atoms with Crippen molar-refractivity contribution < 1.29 is 17.9 Å². The molecule has 1 atom stereocenters. The van der Waals surface area contributed by atoms with Crippen LogP contribution in [0.1, 0.15) is 18.9 Å². The lowest BCUT2D eigenvalue weighted by atomic mass is 10.1. The highest BCUT2D eigenvalue weighted by molar-refractivity contribution is 7.89. The molecule has 1 unspecified atom stereocenters. The molecule has 1 rings (SSSR count). The van der Waals surface area contributed by atoms with E-state index in [0.29, 0.717) is 24.3 Å². The fourth-order valence-electron chi connectivity index (χ4n) is 1.92. The van der Waals surface area contributed by atoms with Gasteiger partial charge in [-0.15, -0.1) is 0 Å². The van der Waals surface area contributed by atoms with E-state index in [1.54, 1.807) is 26.2 Å². The molecule has 0 bridgehead atoms. The number of primary sulfonamides is 1. The molecule has 0 spiro atoms. The van der Waals surface area contributed by atoms with Gasteiger partial charge in [0.05, 0.1) is 4.90 Å². The standard InChI is InChI=1S/C13H20N2O4S/c1-9(8-19-3)7-13(16)15-11-5-4-6-12(10(11)2)20(14,17)18/h4-6,9H,7-8H2,1-3H3,(H,15,16)(H2,14,17,18). The number of methoxy groups -OCH3 is 1. The summed E-state index contributed by atoms with van der Waals surface area (Å²) in [5, 5.41) is 7.82. The molecule has 0 aliphatic heterocycles. The van der Waals surface area contributed by atoms with Crippen molar-refractivity contribution in [3.63, 3.8) is 0 Å². The molecule has 0 fully saturated rings. The van der Waals surface area contributed by atoms with Crippen molar-refractivity contribution in [3.8, 4) is 0 Å². The Morgan fingerprint density at radius 2 is 2.10 bits per heavy atom. The first-order valence-corrected chi connectivity index (χ1v) is 7.71. The summed E-state index contributed by atoms with van der Waals surface area (Å²) in [6.07, 6.45) is 0.298. The Balaban J connectivity index is 2.86. The molecule has 7 heteroatoms. The van der Waals surface area contributed by atoms with Crippen molar-refractivity contribution in [3.05, 3.63) is 23.8 Å². The van der Waals surface area contributed by atoms with Crippen molar-refractivity contribution in [2.45, 2.75) is 25.2 Å². The molecule has 0 aliphatic carbocycles. The Morgan fingerprint density at radius 1 is 1.45 bits per heavy atom. The number of nitrogens with one attached hydrogen (secondary N) is 1. The molecule has 20 heavy (non-hydrogen) atoms. The van der Waals surface area contributed by atoms with Gasteiger partial charge in [0.2, 0.25) is 15.9 Å². The van der Waals surface area contributed by atoms with Gasteiger partial charge in [-0.2, -0.15) is 0 Å². The predicted octanol–water partition coefficient (Wildman–Crippen LogP) is 1.25. The zero-order chi connectivity index (χ0) is 15.3. The number of hydrogen-bond donors (Lipinski definition) is 2. The average molecular weight is 300 g/mol. The smallest absolute Gasteiger partial charge is 0.238 e. The summed E-state index contributed by atoms with van der Waals surface area (Å²) < 4.78 is 27.8. The van der Waals surface area contributed by atoms with E-state index < -0.39 is 10.0 Å². The topological polar surface area (TPSA) is 98.5 Å². The Kier molecular flexibility index (Phi) is 5.67. The van der Waals surface area contributed by atoms with Crippen LogP contribution in [0.15, 0.2) is 23.1 Å². The van der Waals surface area contributed by atoms with Gasteiger partial charge in [-0.25, -0.2) is 13.6 Å². The highest BCUT2D eigenvalue weighted by Gasteiger charge is 2.16. The number of carbonyl (C=O) groups excluding carboxylic acids is 1. The first-order chi connectivity index (χ1) is 9.25. The molecule has 1 amide bonds. The van der Waals surface area contributed by atoms with Crippen molar-refractivity contribution in [1.29, 1.82) is 0 Å². The van der Waals surface area contributed by atoms with E-state index in [0.717, 1.165) is 0 Å². The van der Waals surface area contributed by atoms with Crippen LogP contribution in [-0.4, -0.2) is 28.0 Å². The van der Waals surface area contributed by atoms with E-state index in [1.165, 1.54) is 6.07 Å². The number of nitrogens with two attached hydrogens (primary N) is 1. The van der Waals surface area contributed by atoms with Gasteiger partial charge in [0, 0.05) is 25.8 Å². The van der Waals surface area contributed by atoms with E-state index in [1.807, 2.05) is 6.92 Å². The first-order valence-electron chi connectivity index (χ1n) is 6.17. The van der Waals surface area contributed by atoms with Crippen LogP contribution in [0, 0.1) is 12.8 Å². The second-order valence-corrected chi connectivity index (χ2v) is 6.32. The number of hydrogen-bond acceptors (Lipinski definition) is 4. The summed E-state index contributed by atoms with van der Waals surface area (Å²) in [5.74, 6) is -0.106. The van der Waals surface area contributed by atoms with Crippen LogP contribution in [0.25, 0.3) is 0 Å². The Labute approximate surface area is 119 Å². The minimum atomic E-state index is -3.79. The second-order valence-electron chi connectivity index (χ2n) is 4.79. The molecule has 0 heterocycles. The third-order valence-electron chi connectivity index (χ3n) is 2.85. The lowest BCUT2D eigenvalue weighted by molar-refractivity contribution is -0.117. The van der Waals surface area contributed by atoms with Gasteiger partial charge < -0.3 is 10.1 Å². The Bertz CT molecular complexity index is 584. The zero-order valence-corrected chi connectivity index (χ0v) is 12.7. The van der Waals surface area contributed by atoms with Crippen molar-refractivity contribution in [1.82, 2.24) is 0 Å². The molecular weight excluding hydrogens is 280 g/mol. The summed E-state index contributed by atoms with van der Waals surface area (Å²) in [6, 6.07) is 4.59. The second kappa shape index (κ2) is 6.83. The molecule has 0 saturated carbocycles. The fraction of sp³-hybridized carbons (Fsp3) is 0.462. The highest BCUT2D eigenvalue weighted by Crippen LogP contribution is 2.22. The summed E-state index contributed by atoms with van der Waals surface area (Å²) in [4.78, 5) is 11.9. The highest BCUT2D eigenvalue weighted by atomic mass is 32.2. The molecule has 0 radical (unpaired) electrons. The molecular formula is C13H20N2O4S.